The van der Waals surface area contributed by atoms with Crippen LogP contribution in [0.4, 0.5) is 4.79 Å². The third kappa shape index (κ3) is 4.17. The second-order valence-electron chi connectivity index (χ2n) is 5.88. The summed E-state index contributed by atoms with van der Waals surface area (Å²) in [5.41, 5.74) is 1.27. The molecule has 0 aliphatic heterocycles. The van der Waals surface area contributed by atoms with Gasteiger partial charge in [0.2, 0.25) is 0 Å². The Balaban J connectivity index is 1.83. The molecule has 3 aromatic carbocycles. The average Bonchev–Trinajstić information content (AvgIpc) is 2.70. The molecule has 1 atom stereocenters. The van der Waals surface area contributed by atoms with Gasteiger partial charge in [-0.15, -0.1) is 0 Å². The highest BCUT2D eigenvalue weighted by Crippen LogP contribution is 2.31. The number of alkyl carbamates (subject to hydrolysis) is 1. The normalized spacial score (nSPS) is 11.6. The van der Waals surface area contributed by atoms with Gasteiger partial charge in [-0.1, -0.05) is 60.7 Å². The zero-order chi connectivity index (χ0) is 19.2. The van der Waals surface area contributed by atoms with E-state index in [0.717, 1.165) is 10.9 Å². The molecule has 6 nitrogen and oxygen atoms in total. The predicted octanol–water partition coefficient (Wildman–Crippen LogP) is 3.90. The summed E-state index contributed by atoms with van der Waals surface area (Å²) in [5.74, 6) is -0.549. The van der Waals surface area contributed by atoms with Crippen LogP contribution in [0.15, 0.2) is 66.7 Å². The molecule has 0 radical (unpaired) electrons. The highest BCUT2D eigenvalue weighted by atomic mass is 16.5. The number of amides is 1. The van der Waals surface area contributed by atoms with Crippen molar-refractivity contribution in [3.63, 3.8) is 0 Å². The fourth-order valence-corrected chi connectivity index (χ4v) is 2.88. The fraction of sp³-hybridized carbons (Fsp3) is 0.143. The van der Waals surface area contributed by atoms with E-state index in [9.17, 15) is 14.7 Å². The van der Waals surface area contributed by atoms with E-state index in [1.807, 2.05) is 42.5 Å². The van der Waals surface area contributed by atoms with Crippen LogP contribution in [0.3, 0.4) is 0 Å². The third-order valence-corrected chi connectivity index (χ3v) is 4.17. The third-order valence-electron chi connectivity index (χ3n) is 4.17. The monoisotopic (exact) mass is 365 g/mol. The van der Waals surface area contributed by atoms with Crippen molar-refractivity contribution in [2.24, 2.45) is 0 Å². The second kappa shape index (κ2) is 8.23. The molecule has 0 spiro atoms. The Hall–Kier alpha value is -3.54. The lowest BCUT2D eigenvalue weighted by Crippen LogP contribution is -2.34. The first-order valence-corrected chi connectivity index (χ1v) is 8.36. The van der Waals surface area contributed by atoms with Crippen molar-refractivity contribution < 1.29 is 24.2 Å². The molecule has 0 heterocycles. The minimum absolute atomic E-state index is 0.0579. The maximum absolute atomic E-state index is 12.1. The number of nitrogens with one attached hydrogen (secondary N) is 1. The van der Waals surface area contributed by atoms with Gasteiger partial charge in [-0.25, -0.2) is 9.59 Å². The van der Waals surface area contributed by atoms with Crippen LogP contribution in [0.2, 0.25) is 0 Å². The van der Waals surface area contributed by atoms with E-state index in [0.29, 0.717) is 16.7 Å². The number of fused-ring (bicyclic) bond motifs is 1. The molecule has 2 N–H and O–H groups in total. The van der Waals surface area contributed by atoms with Crippen LogP contribution in [-0.2, 0) is 16.1 Å². The molecule has 0 aliphatic carbocycles. The Morgan fingerprint density at radius 1 is 0.963 bits per heavy atom. The van der Waals surface area contributed by atoms with Crippen molar-refractivity contribution in [2.45, 2.75) is 12.6 Å². The van der Waals surface area contributed by atoms with Gasteiger partial charge in [0, 0.05) is 5.39 Å². The SMILES string of the molecule is COc1ccc(C(NC(=O)OCc2ccccc2)C(=O)O)c2ccccc12. The van der Waals surface area contributed by atoms with E-state index < -0.39 is 18.1 Å². The van der Waals surface area contributed by atoms with Gasteiger partial charge >= 0.3 is 12.1 Å². The molecular weight excluding hydrogens is 346 g/mol. The van der Waals surface area contributed by atoms with E-state index in [-0.39, 0.29) is 6.61 Å². The minimum atomic E-state index is -1.25. The highest BCUT2D eigenvalue weighted by Gasteiger charge is 2.25. The molecule has 3 aromatic rings. The Morgan fingerprint density at radius 2 is 1.63 bits per heavy atom. The number of hydrogen-bond acceptors (Lipinski definition) is 4. The van der Waals surface area contributed by atoms with Crippen LogP contribution >= 0.6 is 0 Å². The molecule has 0 fully saturated rings. The number of rotatable bonds is 6. The smallest absolute Gasteiger partial charge is 0.408 e. The van der Waals surface area contributed by atoms with Crippen molar-refractivity contribution in [3.05, 3.63) is 77.9 Å². The molecule has 0 bridgehead atoms. The molecule has 6 heteroatoms. The van der Waals surface area contributed by atoms with Gasteiger partial charge in [-0.2, -0.15) is 0 Å². The lowest BCUT2D eigenvalue weighted by molar-refractivity contribution is -0.139. The summed E-state index contributed by atoms with van der Waals surface area (Å²) in [6.45, 7) is 0.0579. The molecule has 138 valence electrons. The highest BCUT2D eigenvalue weighted by molar-refractivity contribution is 5.95. The maximum atomic E-state index is 12.1. The molecule has 1 unspecified atom stereocenters. The number of aliphatic carboxylic acids is 1. The summed E-state index contributed by atoms with van der Waals surface area (Å²) < 4.78 is 10.5. The fourth-order valence-electron chi connectivity index (χ4n) is 2.88. The molecule has 3 rings (SSSR count). The number of benzene rings is 3. The van der Waals surface area contributed by atoms with Gasteiger partial charge in [0.25, 0.3) is 0 Å². The van der Waals surface area contributed by atoms with Gasteiger partial charge < -0.3 is 19.9 Å². The zero-order valence-electron chi connectivity index (χ0n) is 14.7. The first-order valence-electron chi connectivity index (χ1n) is 8.36. The quantitative estimate of drug-likeness (QED) is 0.692. The molecule has 0 saturated heterocycles. The number of carbonyl (C=O) groups is 2. The summed E-state index contributed by atoms with van der Waals surface area (Å²) in [4.78, 5) is 23.9. The molecule has 27 heavy (non-hydrogen) atoms. The summed E-state index contributed by atoms with van der Waals surface area (Å²) in [7, 11) is 1.55. The van der Waals surface area contributed by atoms with Crippen LogP contribution in [0, 0.1) is 0 Å². The van der Waals surface area contributed by atoms with E-state index in [4.69, 9.17) is 9.47 Å². The van der Waals surface area contributed by atoms with Gasteiger partial charge in [0.1, 0.15) is 12.4 Å². The largest absolute Gasteiger partial charge is 0.496 e. The van der Waals surface area contributed by atoms with Gasteiger partial charge in [0.15, 0.2) is 6.04 Å². The summed E-state index contributed by atoms with van der Waals surface area (Å²) in [6.07, 6.45) is -0.800. The van der Waals surface area contributed by atoms with Gasteiger partial charge in [0.05, 0.1) is 7.11 Å². The molecular formula is C21H19NO5. The number of methoxy groups -OCH3 is 1. The van der Waals surface area contributed by atoms with Crippen LogP contribution in [0.5, 0.6) is 5.75 Å². The first kappa shape index (κ1) is 18.3. The van der Waals surface area contributed by atoms with Gasteiger partial charge in [-0.3, -0.25) is 0 Å². The van der Waals surface area contributed by atoms with E-state index in [2.05, 4.69) is 5.32 Å². The number of hydrogen-bond donors (Lipinski definition) is 2. The Kier molecular flexibility index (Phi) is 5.56. The number of carboxylic acids is 1. The number of carboxylic acid groups (broad SMARTS) is 1. The van der Waals surface area contributed by atoms with E-state index in [1.165, 1.54) is 0 Å². The zero-order valence-corrected chi connectivity index (χ0v) is 14.7. The van der Waals surface area contributed by atoms with E-state index >= 15 is 0 Å². The molecule has 0 aliphatic rings. The Bertz CT molecular complexity index is 955. The average molecular weight is 365 g/mol. The molecule has 1 amide bonds. The van der Waals surface area contributed by atoms with Crippen molar-refractivity contribution in [2.75, 3.05) is 7.11 Å². The standard InChI is InChI=1S/C21H19NO5/c1-26-18-12-11-17(15-9-5-6-10-16(15)18)19(20(23)24)22-21(25)27-13-14-7-3-2-4-8-14/h2-12,19H,13H2,1H3,(H,22,25)(H,23,24). The Labute approximate surface area is 156 Å². The predicted molar refractivity (Wildman–Crippen MR) is 101 cm³/mol. The van der Waals surface area contributed by atoms with Crippen molar-refractivity contribution in [3.8, 4) is 5.75 Å². The van der Waals surface area contributed by atoms with E-state index in [1.54, 1.807) is 31.4 Å². The molecule has 0 saturated carbocycles. The second-order valence-corrected chi connectivity index (χ2v) is 5.88. The minimum Gasteiger partial charge on any atom is -0.496 e. The summed E-state index contributed by atoms with van der Waals surface area (Å²) >= 11 is 0. The van der Waals surface area contributed by atoms with Crippen molar-refractivity contribution in [1.82, 2.24) is 5.32 Å². The lowest BCUT2D eigenvalue weighted by Gasteiger charge is -2.18. The van der Waals surface area contributed by atoms with Crippen LogP contribution < -0.4 is 10.1 Å². The summed E-state index contributed by atoms with van der Waals surface area (Å²) in [5, 5.41) is 13.5. The lowest BCUT2D eigenvalue weighted by atomic mass is 9.98. The van der Waals surface area contributed by atoms with Gasteiger partial charge in [-0.05, 0) is 22.6 Å². The number of ether oxygens (including phenoxy) is 2. The molecule has 0 aromatic heterocycles. The van der Waals surface area contributed by atoms with Crippen molar-refractivity contribution >= 4 is 22.8 Å². The number of carbonyl (C=O) groups excluding carboxylic acids is 1. The Morgan fingerprint density at radius 3 is 2.30 bits per heavy atom. The van der Waals surface area contributed by atoms with Crippen LogP contribution in [0.1, 0.15) is 17.2 Å². The summed E-state index contributed by atoms with van der Waals surface area (Å²) in [6, 6.07) is 18.5. The first-order chi connectivity index (χ1) is 13.1. The van der Waals surface area contributed by atoms with Crippen LogP contribution in [-0.4, -0.2) is 24.3 Å². The van der Waals surface area contributed by atoms with Crippen molar-refractivity contribution in [1.29, 1.82) is 0 Å². The van der Waals surface area contributed by atoms with Crippen LogP contribution in [0.25, 0.3) is 10.8 Å². The maximum Gasteiger partial charge on any atom is 0.408 e. The topological polar surface area (TPSA) is 84.9 Å².